The number of carbonyl (C=O) groups is 1. The summed E-state index contributed by atoms with van der Waals surface area (Å²) >= 11 is 0. The minimum absolute atomic E-state index is 0.166. The maximum absolute atomic E-state index is 12.4. The number of hydrogen-bond acceptors (Lipinski definition) is 6. The molecule has 2 aromatic rings. The van der Waals surface area contributed by atoms with E-state index in [0.717, 1.165) is 25.0 Å². The molecule has 1 aromatic heterocycles. The normalized spacial score (nSPS) is 10.2. The van der Waals surface area contributed by atoms with Crippen molar-refractivity contribution < 1.29 is 19.0 Å². The van der Waals surface area contributed by atoms with Crippen LogP contribution in [0, 0.1) is 0 Å². The van der Waals surface area contributed by atoms with Gasteiger partial charge in [-0.2, -0.15) is 4.98 Å². The Kier molecular flexibility index (Phi) is 7.00. The zero-order valence-corrected chi connectivity index (χ0v) is 14.7. The first kappa shape index (κ1) is 18.5. The number of hydrogen-bond donors (Lipinski definition) is 1. The quantitative estimate of drug-likeness (QED) is 0.702. The van der Waals surface area contributed by atoms with Crippen LogP contribution in [-0.2, 0) is 0 Å². The molecule has 0 unspecified atom stereocenters. The molecule has 1 amide bonds. The Morgan fingerprint density at radius 3 is 2.52 bits per heavy atom. The fourth-order valence-corrected chi connectivity index (χ4v) is 2.13. The number of amides is 1. The molecule has 0 spiro atoms. The summed E-state index contributed by atoms with van der Waals surface area (Å²) in [4.78, 5) is 20.3. The average molecular weight is 345 g/mol. The lowest BCUT2D eigenvalue weighted by molar-refractivity contribution is 0.102. The average Bonchev–Trinajstić information content (AvgIpc) is 2.66. The highest BCUT2D eigenvalue weighted by atomic mass is 16.5. The minimum atomic E-state index is -0.287. The van der Waals surface area contributed by atoms with E-state index in [1.165, 1.54) is 20.4 Å². The fourth-order valence-electron chi connectivity index (χ4n) is 2.13. The van der Waals surface area contributed by atoms with E-state index in [9.17, 15) is 4.79 Å². The van der Waals surface area contributed by atoms with Crippen molar-refractivity contribution >= 4 is 11.6 Å². The van der Waals surface area contributed by atoms with Crippen LogP contribution in [0.1, 0.15) is 36.5 Å². The molecule has 7 heteroatoms. The van der Waals surface area contributed by atoms with Gasteiger partial charge in [0.05, 0.1) is 27.0 Å². The fraction of sp³-hybridized carbons (Fsp3) is 0.389. The minimum Gasteiger partial charge on any atom is -0.494 e. The highest BCUT2D eigenvalue weighted by Gasteiger charge is 2.13. The van der Waals surface area contributed by atoms with Crippen molar-refractivity contribution in [1.29, 1.82) is 0 Å². The summed E-state index contributed by atoms with van der Waals surface area (Å²) in [5.74, 6) is 0.693. The summed E-state index contributed by atoms with van der Waals surface area (Å²) in [5, 5.41) is 2.72. The third-order valence-corrected chi connectivity index (χ3v) is 3.49. The van der Waals surface area contributed by atoms with E-state index in [1.807, 2.05) is 0 Å². The Morgan fingerprint density at radius 2 is 1.88 bits per heavy atom. The van der Waals surface area contributed by atoms with Gasteiger partial charge in [0.15, 0.2) is 0 Å². The number of anilines is 1. The van der Waals surface area contributed by atoms with Crippen LogP contribution in [0.5, 0.6) is 17.6 Å². The van der Waals surface area contributed by atoms with Crippen molar-refractivity contribution in [2.75, 3.05) is 26.1 Å². The summed E-state index contributed by atoms with van der Waals surface area (Å²) in [5.41, 5.74) is 0.868. The molecule has 0 radical (unpaired) electrons. The highest BCUT2D eigenvalue weighted by molar-refractivity contribution is 6.04. The van der Waals surface area contributed by atoms with E-state index < -0.39 is 0 Å². The van der Waals surface area contributed by atoms with Gasteiger partial charge in [-0.25, -0.2) is 4.98 Å². The van der Waals surface area contributed by atoms with Crippen LogP contribution in [0.15, 0.2) is 30.5 Å². The van der Waals surface area contributed by atoms with E-state index in [-0.39, 0.29) is 17.8 Å². The van der Waals surface area contributed by atoms with Gasteiger partial charge in [0.25, 0.3) is 5.91 Å². The second-order valence-corrected chi connectivity index (χ2v) is 5.31. The third kappa shape index (κ3) is 5.34. The van der Waals surface area contributed by atoms with Gasteiger partial charge in [0, 0.05) is 5.56 Å². The first-order chi connectivity index (χ1) is 12.2. The van der Waals surface area contributed by atoms with Crippen molar-refractivity contribution in [2.45, 2.75) is 26.2 Å². The molecule has 2 rings (SSSR count). The SMILES string of the molecule is CCCCCOc1ccc(C(=O)Nc2cnc(OC)nc2OC)cc1. The standard InChI is InChI=1S/C18H23N3O4/c1-4-5-6-11-25-14-9-7-13(8-10-14)16(22)20-15-12-19-18(24-3)21-17(15)23-2/h7-10,12H,4-6,11H2,1-3H3,(H,20,22). The topological polar surface area (TPSA) is 82.6 Å². The van der Waals surface area contributed by atoms with E-state index in [2.05, 4.69) is 22.2 Å². The molecule has 0 aliphatic heterocycles. The molecule has 25 heavy (non-hydrogen) atoms. The molecular formula is C18H23N3O4. The van der Waals surface area contributed by atoms with Crippen molar-refractivity contribution in [3.05, 3.63) is 36.0 Å². The summed E-state index contributed by atoms with van der Waals surface area (Å²) in [6, 6.07) is 7.15. The summed E-state index contributed by atoms with van der Waals surface area (Å²) in [6.45, 7) is 2.83. The van der Waals surface area contributed by atoms with Gasteiger partial charge < -0.3 is 19.5 Å². The first-order valence-corrected chi connectivity index (χ1v) is 8.17. The van der Waals surface area contributed by atoms with Crippen molar-refractivity contribution in [2.24, 2.45) is 0 Å². The lowest BCUT2D eigenvalue weighted by atomic mass is 10.2. The monoisotopic (exact) mass is 345 g/mol. The summed E-state index contributed by atoms with van der Waals surface area (Å²) in [6.07, 6.45) is 4.76. The molecule has 0 fully saturated rings. The zero-order valence-electron chi connectivity index (χ0n) is 14.7. The van der Waals surface area contributed by atoms with Gasteiger partial charge in [-0.1, -0.05) is 19.8 Å². The van der Waals surface area contributed by atoms with Gasteiger partial charge in [0.2, 0.25) is 5.88 Å². The van der Waals surface area contributed by atoms with Crippen LogP contribution >= 0.6 is 0 Å². The number of methoxy groups -OCH3 is 2. The van der Waals surface area contributed by atoms with Gasteiger partial charge in [0.1, 0.15) is 11.4 Å². The number of benzene rings is 1. The lowest BCUT2D eigenvalue weighted by Crippen LogP contribution is -2.13. The van der Waals surface area contributed by atoms with Gasteiger partial charge >= 0.3 is 6.01 Å². The van der Waals surface area contributed by atoms with Crippen molar-refractivity contribution in [3.8, 4) is 17.6 Å². The molecule has 0 saturated heterocycles. The summed E-state index contributed by atoms with van der Waals surface area (Å²) < 4.78 is 15.7. The van der Waals surface area contributed by atoms with Gasteiger partial charge in [-0.15, -0.1) is 0 Å². The van der Waals surface area contributed by atoms with E-state index in [4.69, 9.17) is 14.2 Å². The van der Waals surface area contributed by atoms with Crippen LogP contribution in [-0.4, -0.2) is 36.7 Å². The molecule has 0 aliphatic rings. The van der Waals surface area contributed by atoms with E-state index >= 15 is 0 Å². The predicted octanol–water partition coefficient (Wildman–Crippen LogP) is 3.32. The second kappa shape index (κ2) is 9.46. The van der Waals surface area contributed by atoms with Crippen molar-refractivity contribution in [3.63, 3.8) is 0 Å². The maximum Gasteiger partial charge on any atom is 0.319 e. The molecule has 7 nitrogen and oxygen atoms in total. The Balaban J connectivity index is 1.99. The van der Waals surface area contributed by atoms with Gasteiger partial charge in [-0.3, -0.25) is 4.79 Å². The smallest absolute Gasteiger partial charge is 0.319 e. The largest absolute Gasteiger partial charge is 0.494 e. The highest BCUT2D eigenvalue weighted by Crippen LogP contribution is 2.23. The van der Waals surface area contributed by atoms with Crippen molar-refractivity contribution in [1.82, 2.24) is 9.97 Å². The molecule has 0 atom stereocenters. The number of ether oxygens (including phenoxy) is 3. The number of carbonyl (C=O) groups excluding carboxylic acids is 1. The first-order valence-electron chi connectivity index (χ1n) is 8.17. The van der Waals surface area contributed by atoms with E-state index in [0.29, 0.717) is 17.9 Å². The van der Waals surface area contributed by atoms with Crippen LogP contribution < -0.4 is 19.5 Å². The Bertz CT molecular complexity index is 689. The molecule has 1 heterocycles. The van der Waals surface area contributed by atoms with Crippen LogP contribution in [0.2, 0.25) is 0 Å². The zero-order chi connectivity index (χ0) is 18.1. The molecule has 134 valence electrons. The Morgan fingerprint density at radius 1 is 1.12 bits per heavy atom. The lowest BCUT2D eigenvalue weighted by Gasteiger charge is -2.10. The number of rotatable bonds is 9. The number of unbranched alkanes of at least 4 members (excludes halogenated alkanes) is 2. The van der Waals surface area contributed by atoms with Crippen LogP contribution in [0.25, 0.3) is 0 Å². The number of nitrogens with one attached hydrogen (secondary N) is 1. The molecule has 1 aromatic carbocycles. The van der Waals surface area contributed by atoms with Gasteiger partial charge in [-0.05, 0) is 30.7 Å². The summed E-state index contributed by atoms with van der Waals surface area (Å²) in [7, 11) is 2.92. The third-order valence-electron chi connectivity index (χ3n) is 3.49. The molecular weight excluding hydrogens is 322 g/mol. The number of nitrogens with zero attached hydrogens (tertiary/aromatic N) is 2. The number of aromatic nitrogens is 2. The predicted molar refractivity (Wildman–Crippen MR) is 94.6 cm³/mol. The van der Waals surface area contributed by atoms with E-state index in [1.54, 1.807) is 24.3 Å². The maximum atomic E-state index is 12.4. The Labute approximate surface area is 147 Å². The Hall–Kier alpha value is -2.83. The van der Waals surface area contributed by atoms with Crippen LogP contribution in [0.3, 0.4) is 0 Å². The van der Waals surface area contributed by atoms with Crippen LogP contribution in [0.4, 0.5) is 5.69 Å². The molecule has 0 aliphatic carbocycles. The molecule has 1 N–H and O–H groups in total. The molecule has 0 saturated carbocycles. The molecule has 0 bridgehead atoms. The second-order valence-electron chi connectivity index (χ2n) is 5.31.